The second-order valence-electron chi connectivity index (χ2n) is 3.81. The zero-order valence-corrected chi connectivity index (χ0v) is 8.48. The SMILES string of the molecule is C=C(CC)CNC(C)(C)CCO. The van der Waals surface area contributed by atoms with Crippen molar-refractivity contribution >= 4 is 0 Å². The van der Waals surface area contributed by atoms with Crippen molar-refractivity contribution in [2.45, 2.75) is 39.2 Å². The molecule has 0 atom stereocenters. The first-order valence-corrected chi connectivity index (χ1v) is 4.54. The minimum absolute atomic E-state index is 0.0207. The highest BCUT2D eigenvalue weighted by Crippen LogP contribution is 2.08. The highest BCUT2D eigenvalue weighted by atomic mass is 16.3. The third kappa shape index (κ3) is 5.33. The van der Waals surface area contributed by atoms with E-state index in [2.05, 4.69) is 32.7 Å². The maximum absolute atomic E-state index is 8.76. The van der Waals surface area contributed by atoms with Gasteiger partial charge < -0.3 is 10.4 Å². The fourth-order valence-corrected chi connectivity index (χ4v) is 0.857. The van der Waals surface area contributed by atoms with Crippen LogP contribution in [-0.2, 0) is 0 Å². The summed E-state index contributed by atoms with van der Waals surface area (Å²) in [6, 6.07) is 0. The molecule has 0 aromatic heterocycles. The van der Waals surface area contributed by atoms with E-state index < -0.39 is 0 Å². The first-order valence-electron chi connectivity index (χ1n) is 4.54. The van der Waals surface area contributed by atoms with Gasteiger partial charge in [-0.05, 0) is 26.7 Å². The minimum Gasteiger partial charge on any atom is -0.396 e. The van der Waals surface area contributed by atoms with E-state index in [1.807, 2.05) is 0 Å². The average Bonchev–Trinajstić information content (AvgIpc) is 2.00. The Balaban J connectivity index is 3.67. The Morgan fingerprint density at radius 3 is 2.50 bits per heavy atom. The molecule has 0 spiro atoms. The van der Waals surface area contributed by atoms with Crippen LogP contribution in [0.3, 0.4) is 0 Å². The molecule has 0 aromatic carbocycles. The van der Waals surface area contributed by atoms with E-state index in [0.29, 0.717) is 0 Å². The molecule has 0 saturated carbocycles. The zero-order valence-electron chi connectivity index (χ0n) is 8.48. The zero-order chi connectivity index (χ0) is 9.61. The normalized spacial score (nSPS) is 11.7. The molecule has 0 fully saturated rings. The minimum atomic E-state index is 0.0207. The van der Waals surface area contributed by atoms with Crippen LogP contribution in [0, 0.1) is 0 Å². The van der Waals surface area contributed by atoms with Crippen molar-refractivity contribution < 1.29 is 5.11 Å². The molecule has 0 radical (unpaired) electrons. The summed E-state index contributed by atoms with van der Waals surface area (Å²) in [5.41, 5.74) is 1.23. The predicted octanol–water partition coefficient (Wildman–Crippen LogP) is 1.70. The Labute approximate surface area is 75.7 Å². The lowest BCUT2D eigenvalue weighted by Crippen LogP contribution is -2.40. The fourth-order valence-electron chi connectivity index (χ4n) is 0.857. The summed E-state index contributed by atoms with van der Waals surface area (Å²) in [5.74, 6) is 0. The lowest BCUT2D eigenvalue weighted by Gasteiger charge is -2.25. The molecule has 2 heteroatoms. The maximum atomic E-state index is 8.76. The fraction of sp³-hybridized carbons (Fsp3) is 0.800. The molecule has 0 heterocycles. The van der Waals surface area contributed by atoms with Gasteiger partial charge in [0.1, 0.15) is 0 Å². The molecular formula is C10H21NO. The summed E-state index contributed by atoms with van der Waals surface area (Å²) < 4.78 is 0. The highest BCUT2D eigenvalue weighted by Gasteiger charge is 2.15. The number of aliphatic hydroxyl groups excluding tert-OH is 1. The van der Waals surface area contributed by atoms with Crippen molar-refractivity contribution in [1.29, 1.82) is 0 Å². The lowest BCUT2D eigenvalue weighted by molar-refractivity contribution is 0.233. The quantitative estimate of drug-likeness (QED) is 0.596. The molecule has 12 heavy (non-hydrogen) atoms. The van der Waals surface area contributed by atoms with E-state index in [1.54, 1.807) is 0 Å². The van der Waals surface area contributed by atoms with Crippen LogP contribution >= 0.6 is 0 Å². The van der Waals surface area contributed by atoms with Gasteiger partial charge >= 0.3 is 0 Å². The van der Waals surface area contributed by atoms with E-state index in [1.165, 1.54) is 5.57 Å². The number of hydrogen-bond acceptors (Lipinski definition) is 2. The van der Waals surface area contributed by atoms with Gasteiger partial charge in [0.15, 0.2) is 0 Å². The molecule has 0 aliphatic carbocycles. The maximum Gasteiger partial charge on any atom is 0.0448 e. The molecular weight excluding hydrogens is 150 g/mol. The van der Waals surface area contributed by atoms with Crippen LogP contribution in [0.2, 0.25) is 0 Å². The van der Waals surface area contributed by atoms with Crippen LogP contribution in [0.5, 0.6) is 0 Å². The molecule has 0 aromatic rings. The van der Waals surface area contributed by atoms with Crippen LogP contribution < -0.4 is 5.32 Å². The molecule has 2 N–H and O–H groups in total. The van der Waals surface area contributed by atoms with Gasteiger partial charge in [-0.15, -0.1) is 0 Å². The summed E-state index contributed by atoms with van der Waals surface area (Å²) in [4.78, 5) is 0. The smallest absolute Gasteiger partial charge is 0.0448 e. The van der Waals surface area contributed by atoms with E-state index >= 15 is 0 Å². The Kier molecular flexibility index (Phi) is 5.18. The average molecular weight is 171 g/mol. The summed E-state index contributed by atoms with van der Waals surface area (Å²) in [6.45, 7) is 11.3. The van der Waals surface area contributed by atoms with Crippen molar-refractivity contribution in [3.8, 4) is 0 Å². The summed E-state index contributed by atoms with van der Waals surface area (Å²) in [7, 11) is 0. The number of rotatable bonds is 6. The van der Waals surface area contributed by atoms with Crippen LogP contribution in [0.15, 0.2) is 12.2 Å². The van der Waals surface area contributed by atoms with Gasteiger partial charge in [0.2, 0.25) is 0 Å². The van der Waals surface area contributed by atoms with E-state index in [0.717, 1.165) is 19.4 Å². The molecule has 72 valence electrons. The lowest BCUT2D eigenvalue weighted by atomic mass is 10.0. The Hall–Kier alpha value is -0.340. The Morgan fingerprint density at radius 2 is 2.08 bits per heavy atom. The third-order valence-corrected chi connectivity index (χ3v) is 2.05. The number of hydrogen-bond donors (Lipinski definition) is 2. The number of nitrogens with one attached hydrogen (secondary N) is 1. The molecule has 2 nitrogen and oxygen atoms in total. The predicted molar refractivity (Wildman–Crippen MR) is 53.2 cm³/mol. The van der Waals surface area contributed by atoms with Gasteiger partial charge in [-0.2, -0.15) is 0 Å². The van der Waals surface area contributed by atoms with Crippen molar-refractivity contribution in [2.75, 3.05) is 13.2 Å². The first-order chi connectivity index (χ1) is 5.52. The molecule has 0 aliphatic heterocycles. The van der Waals surface area contributed by atoms with Gasteiger partial charge in [0.25, 0.3) is 0 Å². The standard InChI is InChI=1S/C10H21NO/c1-5-9(2)8-11-10(3,4)6-7-12/h11-12H,2,5-8H2,1,3-4H3. The monoisotopic (exact) mass is 171 g/mol. The topological polar surface area (TPSA) is 32.3 Å². The van der Waals surface area contributed by atoms with Gasteiger partial charge in [-0.1, -0.05) is 19.1 Å². The highest BCUT2D eigenvalue weighted by molar-refractivity contribution is 4.97. The Morgan fingerprint density at radius 1 is 1.50 bits per heavy atom. The van der Waals surface area contributed by atoms with E-state index in [-0.39, 0.29) is 12.1 Å². The largest absolute Gasteiger partial charge is 0.396 e. The van der Waals surface area contributed by atoms with E-state index in [4.69, 9.17) is 5.11 Å². The van der Waals surface area contributed by atoms with Crippen molar-refractivity contribution in [3.63, 3.8) is 0 Å². The third-order valence-electron chi connectivity index (χ3n) is 2.05. The molecule has 0 aliphatic rings. The second-order valence-corrected chi connectivity index (χ2v) is 3.81. The summed E-state index contributed by atoms with van der Waals surface area (Å²) >= 11 is 0. The van der Waals surface area contributed by atoms with Crippen molar-refractivity contribution in [3.05, 3.63) is 12.2 Å². The van der Waals surface area contributed by atoms with Crippen LogP contribution in [0.4, 0.5) is 0 Å². The van der Waals surface area contributed by atoms with Crippen molar-refractivity contribution in [2.24, 2.45) is 0 Å². The van der Waals surface area contributed by atoms with Crippen LogP contribution in [-0.4, -0.2) is 23.8 Å². The number of aliphatic hydroxyl groups is 1. The van der Waals surface area contributed by atoms with Gasteiger partial charge in [-0.3, -0.25) is 0 Å². The Bertz CT molecular complexity index is 141. The van der Waals surface area contributed by atoms with Gasteiger partial charge in [0, 0.05) is 18.7 Å². The molecule has 0 saturated heterocycles. The molecule has 0 bridgehead atoms. The van der Waals surface area contributed by atoms with Gasteiger partial charge in [0.05, 0.1) is 0 Å². The first kappa shape index (κ1) is 11.7. The molecule has 0 rings (SSSR count). The summed E-state index contributed by atoms with van der Waals surface area (Å²) in [5, 5.41) is 12.1. The van der Waals surface area contributed by atoms with Crippen LogP contribution in [0.1, 0.15) is 33.6 Å². The van der Waals surface area contributed by atoms with E-state index in [9.17, 15) is 0 Å². The van der Waals surface area contributed by atoms with Gasteiger partial charge in [-0.25, -0.2) is 0 Å². The molecule has 0 amide bonds. The summed E-state index contributed by atoms with van der Waals surface area (Å²) in [6.07, 6.45) is 1.80. The van der Waals surface area contributed by atoms with Crippen LogP contribution in [0.25, 0.3) is 0 Å². The second kappa shape index (κ2) is 5.33. The van der Waals surface area contributed by atoms with Crippen molar-refractivity contribution in [1.82, 2.24) is 5.32 Å². The molecule has 0 unspecified atom stereocenters.